The van der Waals surface area contributed by atoms with Crippen molar-refractivity contribution in [1.82, 2.24) is 4.90 Å². The number of hydrogen-bond donors (Lipinski definition) is 2. The maximum atomic E-state index is 12.8. The van der Waals surface area contributed by atoms with Gasteiger partial charge in [-0.25, -0.2) is 4.79 Å². The largest absolute Gasteiger partial charge is 0.481 e. The first-order valence-electron chi connectivity index (χ1n) is 10.7. The second-order valence-corrected chi connectivity index (χ2v) is 8.99. The highest BCUT2D eigenvalue weighted by atomic mass is 32.1. The number of carbonyl (C=O) groups excluding carboxylic acids is 1. The van der Waals surface area contributed by atoms with Crippen molar-refractivity contribution >= 4 is 33.4 Å². The molecule has 0 aliphatic carbocycles. The van der Waals surface area contributed by atoms with Crippen molar-refractivity contribution in [1.29, 1.82) is 5.41 Å². The number of rotatable bonds is 6. The fourth-order valence-electron chi connectivity index (χ4n) is 3.99. The number of benzene rings is 3. The molecule has 3 aromatic carbocycles. The first-order chi connectivity index (χ1) is 16.1. The molecule has 0 saturated carbocycles. The van der Waals surface area contributed by atoms with Gasteiger partial charge in [0.15, 0.2) is 6.10 Å². The molecule has 0 radical (unpaired) electrons. The molecule has 1 atom stereocenters. The first-order valence-corrected chi connectivity index (χ1v) is 11.5. The second kappa shape index (κ2) is 8.96. The summed E-state index contributed by atoms with van der Waals surface area (Å²) >= 11 is 1.45. The van der Waals surface area contributed by atoms with Crippen molar-refractivity contribution < 1.29 is 14.3 Å². The molecule has 0 bridgehead atoms. The number of amides is 1. The van der Waals surface area contributed by atoms with E-state index in [4.69, 9.17) is 20.6 Å². The summed E-state index contributed by atoms with van der Waals surface area (Å²) < 4.78 is 13.1. The van der Waals surface area contributed by atoms with Crippen LogP contribution in [0.15, 0.2) is 78.9 Å². The van der Waals surface area contributed by atoms with E-state index in [9.17, 15) is 4.79 Å². The van der Waals surface area contributed by atoms with Crippen LogP contribution in [0.3, 0.4) is 0 Å². The molecule has 0 fully saturated rings. The molecule has 3 N–H and O–H groups in total. The monoisotopic (exact) mass is 457 g/mol. The summed E-state index contributed by atoms with van der Waals surface area (Å²) in [5.74, 6) is 0.692. The van der Waals surface area contributed by atoms with E-state index in [0.29, 0.717) is 23.7 Å². The van der Waals surface area contributed by atoms with Gasteiger partial charge in [0.1, 0.15) is 18.2 Å². The maximum absolute atomic E-state index is 12.8. The van der Waals surface area contributed by atoms with Gasteiger partial charge in [-0.05, 0) is 34.9 Å². The van der Waals surface area contributed by atoms with E-state index in [0.717, 1.165) is 26.8 Å². The Morgan fingerprint density at radius 3 is 2.39 bits per heavy atom. The minimum Gasteiger partial charge on any atom is -0.481 e. The van der Waals surface area contributed by atoms with Crippen LogP contribution in [-0.4, -0.2) is 23.4 Å². The zero-order chi connectivity index (χ0) is 22.8. The van der Waals surface area contributed by atoms with Crippen LogP contribution in [0, 0.1) is 5.41 Å². The molecule has 33 heavy (non-hydrogen) atoms. The molecule has 1 aliphatic rings. The molecular weight excluding hydrogens is 434 g/mol. The predicted molar refractivity (Wildman–Crippen MR) is 130 cm³/mol. The van der Waals surface area contributed by atoms with Gasteiger partial charge in [-0.1, -0.05) is 60.7 Å². The molecule has 5 rings (SSSR count). The Hall–Kier alpha value is -3.84. The lowest BCUT2D eigenvalue weighted by Crippen LogP contribution is -2.28. The van der Waals surface area contributed by atoms with Crippen LogP contribution in [-0.2, 0) is 17.8 Å². The van der Waals surface area contributed by atoms with Crippen LogP contribution in [0.1, 0.15) is 27.7 Å². The molecule has 1 unspecified atom stereocenters. The lowest BCUT2D eigenvalue weighted by atomic mass is 10.1. The number of carbonyl (C=O) groups is 1. The lowest BCUT2D eigenvalue weighted by molar-refractivity contribution is 0.0574. The standard InChI is InChI=1S/C26H23N3O3S/c27-25(28)24-13-20-21(11-6-12-23(20)33-24)32-22(17-7-2-1-3-8-17)16-31-26(30)29-14-18-9-4-5-10-19(18)15-29/h1-13,22H,14-16H2,(H3,27,28). The number of fused-ring (bicyclic) bond motifs is 2. The van der Waals surface area contributed by atoms with E-state index >= 15 is 0 Å². The van der Waals surface area contributed by atoms with Crippen LogP contribution in [0.5, 0.6) is 5.75 Å². The number of ether oxygens (including phenoxy) is 2. The van der Waals surface area contributed by atoms with E-state index in [2.05, 4.69) is 0 Å². The molecule has 1 aromatic heterocycles. The molecule has 2 heterocycles. The molecule has 0 spiro atoms. The van der Waals surface area contributed by atoms with E-state index < -0.39 is 6.10 Å². The third kappa shape index (κ3) is 4.40. The van der Waals surface area contributed by atoms with Gasteiger partial charge in [0.25, 0.3) is 0 Å². The topological polar surface area (TPSA) is 88.6 Å². The SMILES string of the molecule is N=C(N)c1cc2c(OC(COC(=O)N3Cc4ccccc4C3)c3ccccc3)cccc2s1. The molecule has 7 heteroatoms. The predicted octanol–water partition coefficient (Wildman–Crippen LogP) is 5.46. The van der Waals surface area contributed by atoms with Crippen molar-refractivity contribution in [3.63, 3.8) is 0 Å². The summed E-state index contributed by atoms with van der Waals surface area (Å²) in [5, 5.41) is 8.63. The highest BCUT2D eigenvalue weighted by Crippen LogP contribution is 2.35. The number of nitrogens with one attached hydrogen (secondary N) is 1. The Labute approximate surface area is 195 Å². The molecule has 1 amide bonds. The Bertz CT molecular complexity index is 1290. The molecule has 1 aliphatic heterocycles. The van der Waals surface area contributed by atoms with Crippen LogP contribution in [0.2, 0.25) is 0 Å². The fourth-order valence-corrected chi connectivity index (χ4v) is 4.93. The van der Waals surface area contributed by atoms with Gasteiger partial charge < -0.3 is 15.2 Å². The third-order valence-electron chi connectivity index (χ3n) is 5.68. The van der Waals surface area contributed by atoms with Crippen molar-refractivity contribution in [3.8, 4) is 5.75 Å². The van der Waals surface area contributed by atoms with Crippen molar-refractivity contribution in [2.24, 2.45) is 5.73 Å². The maximum Gasteiger partial charge on any atom is 0.410 e. The number of hydrogen-bond acceptors (Lipinski definition) is 5. The van der Waals surface area contributed by atoms with Gasteiger partial charge in [-0.3, -0.25) is 10.3 Å². The van der Waals surface area contributed by atoms with Gasteiger partial charge in [-0.2, -0.15) is 0 Å². The highest BCUT2D eigenvalue weighted by molar-refractivity contribution is 7.20. The normalized spacial score (nSPS) is 13.5. The van der Waals surface area contributed by atoms with Gasteiger partial charge >= 0.3 is 6.09 Å². The third-order valence-corrected chi connectivity index (χ3v) is 6.82. The Kier molecular flexibility index (Phi) is 5.71. The van der Waals surface area contributed by atoms with Gasteiger partial charge in [0.05, 0.1) is 4.88 Å². The zero-order valence-electron chi connectivity index (χ0n) is 17.9. The minimum absolute atomic E-state index is 0.0299. The summed E-state index contributed by atoms with van der Waals surface area (Å²) in [6.07, 6.45) is -0.838. The average molecular weight is 458 g/mol. The van der Waals surface area contributed by atoms with Gasteiger partial charge in [0, 0.05) is 23.2 Å². The Morgan fingerprint density at radius 1 is 1.00 bits per heavy atom. The van der Waals surface area contributed by atoms with Crippen molar-refractivity contribution in [2.45, 2.75) is 19.2 Å². The molecule has 0 saturated heterocycles. The summed E-state index contributed by atoms with van der Waals surface area (Å²) in [7, 11) is 0. The van der Waals surface area contributed by atoms with E-state index in [-0.39, 0.29) is 18.5 Å². The average Bonchev–Trinajstić information content (AvgIpc) is 3.47. The lowest BCUT2D eigenvalue weighted by Gasteiger charge is -2.22. The number of amidine groups is 1. The summed E-state index contributed by atoms with van der Waals surface area (Å²) in [6.45, 7) is 1.18. The zero-order valence-corrected chi connectivity index (χ0v) is 18.7. The summed E-state index contributed by atoms with van der Waals surface area (Å²) in [5.41, 5.74) is 8.89. The number of nitrogen functional groups attached to an aromatic ring is 1. The van der Waals surface area contributed by atoms with Crippen LogP contribution in [0.25, 0.3) is 10.1 Å². The van der Waals surface area contributed by atoms with Crippen molar-refractivity contribution in [2.75, 3.05) is 6.61 Å². The number of nitrogens with zero attached hydrogens (tertiary/aromatic N) is 1. The fraction of sp³-hybridized carbons (Fsp3) is 0.154. The van der Waals surface area contributed by atoms with E-state index in [1.165, 1.54) is 11.3 Å². The summed E-state index contributed by atoms with van der Waals surface area (Å²) in [4.78, 5) is 15.2. The van der Waals surface area contributed by atoms with Gasteiger partial charge in [0.2, 0.25) is 0 Å². The highest BCUT2D eigenvalue weighted by Gasteiger charge is 2.26. The summed E-state index contributed by atoms with van der Waals surface area (Å²) in [6, 6.07) is 25.4. The van der Waals surface area contributed by atoms with Crippen LogP contribution in [0.4, 0.5) is 4.79 Å². The smallest absolute Gasteiger partial charge is 0.410 e. The second-order valence-electron chi connectivity index (χ2n) is 7.91. The first kappa shape index (κ1) is 21.0. The van der Waals surface area contributed by atoms with Crippen LogP contribution < -0.4 is 10.5 Å². The molecule has 4 aromatic rings. The molecule has 6 nitrogen and oxygen atoms in total. The Morgan fingerprint density at radius 2 is 1.70 bits per heavy atom. The Balaban J connectivity index is 1.35. The number of thiophene rings is 1. The molecular formula is C26H23N3O3S. The minimum atomic E-state index is -0.480. The quantitative estimate of drug-likeness (QED) is 0.297. The number of nitrogens with two attached hydrogens (primary N) is 1. The van der Waals surface area contributed by atoms with Gasteiger partial charge in [-0.15, -0.1) is 11.3 Å². The van der Waals surface area contributed by atoms with E-state index in [1.807, 2.05) is 78.9 Å². The van der Waals surface area contributed by atoms with Crippen molar-refractivity contribution in [3.05, 3.63) is 100 Å². The molecule has 166 valence electrons. The van der Waals surface area contributed by atoms with E-state index in [1.54, 1.807) is 4.90 Å². The van der Waals surface area contributed by atoms with Crippen LogP contribution >= 0.6 is 11.3 Å².